The van der Waals surface area contributed by atoms with Gasteiger partial charge in [-0.2, -0.15) is 0 Å². The molecule has 0 heterocycles. The summed E-state index contributed by atoms with van der Waals surface area (Å²) in [5.41, 5.74) is 8.52. The van der Waals surface area contributed by atoms with Gasteiger partial charge < -0.3 is 24.8 Å². The van der Waals surface area contributed by atoms with Crippen molar-refractivity contribution in [3.63, 3.8) is 0 Å². The van der Waals surface area contributed by atoms with Crippen LogP contribution in [0.4, 0.5) is 0 Å². The molecule has 2 aliphatic carbocycles. The largest absolute Gasteiger partial charge is 1.00 e. The van der Waals surface area contributed by atoms with Crippen molar-refractivity contribution in [2.75, 3.05) is 0 Å². The summed E-state index contributed by atoms with van der Waals surface area (Å²) in [6.07, 6.45) is 8.11. The standard InChI is InChI=1S/C21H13.C13H9Cl.C5H5.2ClH.Zr/c1-2-8-15-14(7-1)13-20-18-11-4-3-9-16(18)17-10-5-6-12-19(17)21(15)20;14-13-8-6-12(7-9-13)10-11-4-2-1-3-5-11;1-2-4-5-3-1;;;/h1-13H;1-9H;1-3H,4H2;2*1H;/q;;;;;+2/p-2. The van der Waals surface area contributed by atoms with Crippen molar-refractivity contribution in [3.05, 3.63) is 176 Å². The van der Waals surface area contributed by atoms with Crippen LogP contribution in [0.5, 0.6) is 0 Å². The number of hydrogen-bond donors (Lipinski definition) is 0. The molecule has 4 heteroatoms. The average Bonchev–Trinajstić information content (AvgIpc) is 3.68. The Balaban J connectivity index is 0.00000165. The monoisotopic (exact) mass is 690 g/mol. The van der Waals surface area contributed by atoms with Gasteiger partial charge in [-0.05, 0) is 0 Å². The van der Waals surface area contributed by atoms with Gasteiger partial charge in [0.15, 0.2) is 0 Å². The summed E-state index contributed by atoms with van der Waals surface area (Å²) >= 11 is 3.67. The van der Waals surface area contributed by atoms with Crippen molar-refractivity contribution in [2.24, 2.45) is 0 Å². The molecule has 6 aromatic rings. The molecule has 0 saturated heterocycles. The van der Waals surface area contributed by atoms with Gasteiger partial charge in [0.05, 0.1) is 0 Å². The van der Waals surface area contributed by atoms with Gasteiger partial charge in [0.1, 0.15) is 0 Å². The van der Waals surface area contributed by atoms with E-state index in [1.165, 1.54) is 54.9 Å². The first-order valence-corrected chi connectivity index (χ1v) is 18.5. The Kier molecular flexibility index (Phi) is 8.73. The van der Waals surface area contributed by atoms with Crippen molar-refractivity contribution in [3.8, 4) is 11.1 Å². The SMILES string of the molecule is Clc1ccc(/[C](c2ccccc2)=[Zr+2](\[C]2=CC=CC2)[CH]2c3ccccc3-c3c2c2ccccc2c2ccccc32)cc1.[Cl-].[Cl-]. The molecular formula is C39H27Cl3Zr. The molecule has 0 bridgehead atoms. The third-order valence-electron chi connectivity index (χ3n) is 8.67. The number of benzene rings is 6. The predicted octanol–water partition coefficient (Wildman–Crippen LogP) is 4.46. The number of fused-ring (bicyclic) bond motifs is 8. The van der Waals surface area contributed by atoms with Crippen molar-refractivity contribution >= 4 is 36.4 Å². The molecule has 0 fully saturated rings. The van der Waals surface area contributed by atoms with Gasteiger partial charge in [0, 0.05) is 0 Å². The number of rotatable bonds is 4. The summed E-state index contributed by atoms with van der Waals surface area (Å²) in [5.74, 6) is 0. The van der Waals surface area contributed by atoms with Gasteiger partial charge in [0.25, 0.3) is 0 Å². The van der Waals surface area contributed by atoms with E-state index >= 15 is 0 Å². The van der Waals surface area contributed by atoms with Crippen molar-refractivity contribution in [1.29, 1.82) is 0 Å². The van der Waals surface area contributed by atoms with E-state index in [-0.39, 0.29) is 24.8 Å². The van der Waals surface area contributed by atoms with Gasteiger partial charge in [-0.25, -0.2) is 0 Å². The predicted molar refractivity (Wildman–Crippen MR) is 172 cm³/mol. The minimum Gasteiger partial charge on any atom is -1.00 e. The maximum Gasteiger partial charge on any atom is -1.00 e. The molecule has 43 heavy (non-hydrogen) atoms. The third kappa shape index (κ3) is 5.02. The Morgan fingerprint density at radius 3 is 1.88 bits per heavy atom. The second-order valence-corrected chi connectivity index (χ2v) is 17.6. The quantitative estimate of drug-likeness (QED) is 0.240. The first kappa shape index (κ1) is 30.0. The summed E-state index contributed by atoms with van der Waals surface area (Å²) in [6, 6.07) is 47.1. The van der Waals surface area contributed by atoms with Crippen LogP contribution in [0.15, 0.2) is 149 Å². The zero-order chi connectivity index (χ0) is 27.3. The van der Waals surface area contributed by atoms with E-state index in [4.69, 9.17) is 11.6 Å². The molecule has 0 radical (unpaired) electrons. The fourth-order valence-corrected chi connectivity index (χ4v) is 16.2. The molecule has 2 aliphatic rings. The number of allylic oxidation sites excluding steroid dienone is 4. The molecule has 6 aromatic carbocycles. The molecule has 0 aliphatic heterocycles. The Hall–Kier alpha value is -3.06. The van der Waals surface area contributed by atoms with Crippen LogP contribution in [-0.4, -0.2) is 3.21 Å². The van der Waals surface area contributed by atoms with Crippen LogP contribution >= 0.6 is 11.6 Å². The number of halogens is 3. The molecule has 0 amide bonds. The summed E-state index contributed by atoms with van der Waals surface area (Å²) in [6.45, 7) is 0. The van der Waals surface area contributed by atoms with Crippen LogP contribution in [0.1, 0.15) is 32.3 Å². The normalized spacial score (nSPS) is 14.9. The maximum absolute atomic E-state index is 6.44. The van der Waals surface area contributed by atoms with Gasteiger partial charge in [0.2, 0.25) is 0 Å². The Morgan fingerprint density at radius 2 is 1.19 bits per heavy atom. The number of hydrogen-bond acceptors (Lipinski definition) is 0. The zero-order valence-electron chi connectivity index (χ0n) is 23.3. The second-order valence-electron chi connectivity index (χ2n) is 10.9. The molecule has 8 rings (SSSR count). The first-order valence-electron chi connectivity index (χ1n) is 14.2. The minimum atomic E-state index is -2.77. The Morgan fingerprint density at radius 1 is 0.605 bits per heavy atom. The van der Waals surface area contributed by atoms with E-state index in [1.54, 1.807) is 6.49 Å². The van der Waals surface area contributed by atoms with E-state index in [0.29, 0.717) is 3.63 Å². The van der Waals surface area contributed by atoms with Crippen LogP contribution in [0.3, 0.4) is 0 Å². The van der Waals surface area contributed by atoms with E-state index in [1.807, 2.05) is 0 Å². The van der Waals surface area contributed by atoms with Crippen molar-refractivity contribution in [2.45, 2.75) is 10.0 Å². The van der Waals surface area contributed by atoms with Crippen molar-refractivity contribution < 1.29 is 46.1 Å². The summed E-state index contributed by atoms with van der Waals surface area (Å²) in [7, 11) is 0. The fraction of sp³-hybridized carbons (Fsp3) is 0.0513. The summed E-state index contributed by atoms with van der Waals surface area (Å²) < 4.78 is 3.55. The molecular weight excluding hydrogens is 666 g/mol. The molecule has 208 valence electrons. The Bertz CT molecular complexity index is 2070. The van der Waals surface area contributed by atoms with E-state index in [0.717, 1.165) is 11.4 Å². The van der Waals surface area contributed by atoms with E-state index in [9.17, 15) is 0 Å². The third-order valence-corrected chi connectivity index (χ3v) is 17.2. The van der Waals surface area contributed by atoms with Gasteiger partial charge in [-0.1, -0.05) is 0 Å². The Labute approximate surface area is 277 Å². The van der Waals surface area contributed by atoms with Crippen LogP contribution < -0.4 is 24.8 Å². The minimum absolute atomic E-state index is 0. The smallest absolute Gasteiger partial charge is 1.00 e. The van der Waals surface area contributed by atoms with Crippen LogP contribution in [0.2, 0.25) is 5.02 Å². The van der Waals surface area contributed by atoms with Gasteiger partial charge >= 0.3 is 255 Å². The topological polar surface area (TPSA) is 0 Å². The molecule has 1 atom stereocenters. The van der Waals surface area contributed by atoms with Crippen molar-refractivity contribution in [1.82, 2.24) is 0 Å². The summed E-state index contributed by atoms with van der Waals surface area (Å²) in [4.78, 5) is 0. The molecule has 0 spiro atoms. The van der Waals surface area contributed by atoms with Gasteiger partial charge in [-0.3, -0.25) is 0 Å². The molecule has 1 unspecified atom stereocenters. The van der Waals surface area contributed by atoms with Crippen LogP contribution in [0, 0.1) is 0 Å². The van der Waals surface area contributed by atoms with Gasteiger partial charge in [-0.15, -0.1) is 0 Å². The molecule has 0 saturated carbocycles. The first-order chi connectivity index (χ1) is 20.3. The molecule has 0 N–H and O–H groups in total. The molecule has 0 nitrogen and oxygen atoms in total. The molecule has 0 aromatic heterocycles. The van der Waals surface area contributed by atoms with Crippen LogP contribution in [-0.2, 0) is 21.3 Å². The fourth-order valence-electron chi connectivity index (χ4n) is 7.03. The van der Waals surface area contributed by atoms with Crippen LogP contribution in [0.25, 0.3) is 32.7 Å². The summed E-state index contributed by atoms with van der Waals surface area (Å²) in [5, 5.41) is 6.24. The zero-order valence-corrected chi connectivity index (χ0v) is 28.0. The average molecular weight is 693 g/mol. The van der Waals surface area contributed by atoms with E-state index < -0.39 is 21.3 Å². The maximum atomic E-state index is 6.44. The second kappa shape index (κ2) is 12.5. The van der Waals surface area contributed by atoms with E-state index in [2.05, 4.69) is 146 Å².